The average Bonchev–Trinajstić information content (AvgIpc) is 2.48. The molecule has 0 saturated heterocycles. The van der Waals surface area contributed by atoms with Crippen molar-refractivity contribution < 1.29 is 0 Å². The van der Waals surface area contributed by atoms with Crippen LogP contribution in [-0.2, 0) is 0 Å². The van der Waals surface area contributed by atoms with Gasteiger partial charge < -0.3 is 10.6 Å². The van der Waals surface area contributed by atoms with Gasteiger partial charge in [-0.3, -0.25) is 4.98 Å². The van der Waals surface area contributed by atoms with Gasteiger partial charge in [0.15, 0.2) is 0 Å². The van der Waals surface area contributed by atoms with Crippen LogP contribution in [0.15, 0.2) is 30.5 Å². The van der Waals surface area contributed by atoms with Crippen LogP contribution in [0.1, 0.15) is 25.7 Å². The molecule has 0 bridgehead atoms. The van der Waals surface area contributed by atoms with E-state index in [-0.39, 0.29) is 0 Å². The van der Waals surface area contributed by atoms with Crippen molar-refractivity contribution >= 4 is 28.2 Å². The summed E-state index contributed by atoms with van der Waals surface area (Å²) in [4.78, 5) is 4.39. The molecule has 4 heteroatoms. The van der Waals surface area contributed by atoms with Crippen molar-refractivity contribution in [2.24, 2.45) is 0 Å². The molecule has 1 aliphatic rings. The molecule has 0 aliphatic heterocycles. The lowest BCUT2D eigenvalue weighted by atomic mass is 9.91. The van der Waals surface area contributed by atoms with Crippen molar-refractivity contribution in [1.82, 2.24) is 10.3 Å². The Labute approximate surface area is 124 Å². The molecular formula is C16H20ClN3. The fourth-order valence-corrected chi connectivity index (χ4v) is 3.16. The van der Waals surface area contributed by atoms with E-state index in [0.29, 0.717) is 12.1 Å². The summed E-state index contributed by atoms with van der Waals surface area (Å²) in [7, 11) is 2.05. The van der Waals surface area contributed by atoms with Gasteiger partial charge >= 0.3 is 0 Å². The van der Waals surface area contributed by atoms with Crippen molar-refractivity contribution in [1.29, 1.82) is 0 Å². The number of anilines is 1. The van der Waals surface area contributed by atoms with Crippen LogP contribution in [0.25, 0.3) is 10.9 Å². The maximum atomic E-state index is 6.03. The van der Waals surface area contributed by atoms with Crippen LogP contribution < -0.4 is 10.6 Å². The van der Waals surface area contributed by atoms with Crippen LogP contribution in [0, 0.1) is 0 Å². The van der Waals surface area contributed by atoms with Gasteiger partial charge in [0, 0.05) is 34.4 Å². The van der Waals surface area contributed by atoms with Gasteiger partial charge in [0.25, 0.3) is 0 Å². The molecule has 1 heterocycles. The Morgan fingerprint density at radius 2 is 1.85 bits per heavy atom. The largest absolute Gasteiger partial charge is 0.382 e. The van der Waals surface area contributed by atoms with E-state index in [1.54, 1.807) is 0 Å². The lowest BCUT2D eigenvalue weighted by molar-refractivity contribution is 0.371. The second-order valence-corrected chi connectivity index (χ2v) is 5.94. The zero-order valence-electron chi connectivity index (χ0n) is 11.7. The zero-order chi connectivity index (χ0) is 13.9. The van der Waals surface area contributed by atoms with Crippen LogP contribution in [0.5, 0.6) is 0 Å². The van der Waals surface area contributed by atoms with Gasteiger partial charge in [0.1, 0.15) is 0 Å². The van der Waals surface area contributed by atoms with E-state index in [0.717, 1.165) is 15.9 Å². The number of fused-ring (bicyclic) bond motifs is 1. The summed E-state index contributed by atoms with van der Waals surface area (Å²) in [6.07, 6.45) is 6.75. The third-order valence-electron chi connectivity index (χ3n) is 4.20. The molecule has 1 aromatic carbocycles. The first-order valence-corrected chi connectivity index (χ1v) is 7.62. The van der Waals surface area contributed by atoms with Crippen molar-refractivity contribution in [3.8, 4) is 0 Å². The number of rotatable bonds is 3. The molecule has 20 heavy (non-hydrogen) atoms. The van der Waals surface area contributed by atoms with E-state index in [4.69, 9.17) is 11.6 Å². The molecule has 2 aromatic rings. The summed E-state index contributed by atoms with van der Waals surface area (Å²) >= 11 is 6.03. The highest BCUT2D eigenvalue weighted by molar-refractivity contribution is 6.31. The van der Waals surface area contributed by atoms with E-state index in [9.17, 15) is 0 Å². The van der Waals surface area contributed by atoms with Gasteiger partial charge in [-0.1, -0.05) is 11.6 Å². The Morgan fingerprint density at radius 1 is 1.10 bits per heavy atom. The molecule has 1 aliphatic carbocycles. The van der Waals surface area contributed by atoms with Crippen LogP contribution in [0.3, 0.4) is 0 Å². The second-order valence-electron chi connectivity index (χ2n) is 5.50. The minimum absolute atomic E-state index is 0.556. The minimum Gasteiger partial charge on any atom is -0.382 e. The molecule has 106 valence electrons. The lowest BCUT2D eigenvalue weighted by Crippen LogP contribution is -2.35. The first-order chi connectivity index (χ1) is 9.76. The Morgan fingerprint density at radius 3 is 2.60 bits per heavy atom. The van der Waals surface area contributed by atoms with Crippen molar-refractivity contribution in [3.63, 3.8) is 0 Å². The Hall–Kier alpha value is -1.32. The van der Waals surface area contributed by atoms with Gasteiger partial charge in [-0.2, -0.15) is 0 Å². The predicted molar refractivity (Wildman–Crippen MR) is 85.5 cm³/mol. The molecule has 0 unspecified atom stereocenters. The summed E-state index contributed by atoms with van der Waals surface area (Å²) in [5.41, 5.74) is 2.12. The monoisotopic (exact) mass is 289 g/mol. The number of aromatic nitrogens is 1. The molecule has 1 saturated carbocycles. The quantitative estimate of drug-likeness (QED) is 0.902. The summed E-state index contributed by atoms with van der Waals surface area (Å²) in [6.45, 7) is 0. The summed E-state index contributed by atoms with van der Waals surface area (Å²) < 4.78 is 0. The molecular weight excluding hydrogens is 270 g/mol. The zero-order valence-corrected chi connectivity index (χ0v) is 12.5. The maximum absolute atomic E-state index is 6.03. The number of benzene rings is 1. The molecule has 0 amide bonds. The first-order valence-electron chi connectivity index (χ1n) is 7.24. The summed E-state index contributed by atoms with van der Waals surface area (Å²) in [5.74, 6) is 0. The number of pyridine rings is 1. The lowest BCUT2D eigenvalue weighted by Gasteiger charge is -2.29. The smallest absolute Gasteiger partial charge is 0.0737 e. The summed E-state index contributed by atoms with van der Waals surface area (Å²) in [5, 5.41) is 8.93. The van der Waals surface area contributed by atoms with Crippen LogP contribution in [0.2, 0.25) is 5.02 Å². The molecule has 1 aromatic heterocycles. The van der Waals surface area contributed by atoms with E-state index in [1.807, 2.05) is 24.4 Å². The average molecular weight is 290 g/mol. The number of hydrogen-bond acceptors (Lipinski definition) is 3. The van der Waals surface area contributed by atoms with Crippen LogP contribution in [0.4, 0.5) is 5.69 Å². The van der Waals surface area contributed by atoms with E-state index < -0.39 is 0 Å². The first kappa shape index (κ1) is 13.7. The normalized spacial score (nSPS) is 22.9. The van der Waals surface area contributed by atoms with Gasteiger partial charge in [0.2, 0.25) is 0 Å². The van der Waals surface area contributed by atoms with Gasteiger partial charge in [0.05, 0.1) is 5.52 Å². The summed E-state index contributed by atoms with van der Waals surface area (Å²) in [6, 6.07) is 9.18. The standard InChI is InChI=1S/C16H20ClN3/c1-18-12-3-5-13(6-4-12)20-15-8-9-19-16-10-11(17)2-7-14(15)16/h2,7-10,12-13,18H,3-6H2,1H3,(H,19,20). The van der Waals surface area contributed by atoms with Crippen LogP contribution >= 0.6 is 11.6 Å². The molecule has 2 N–H and O–H groups in total. The maximum Gasteiger partial charge on any atom is 0.0737 e. The van der Waals surface area contributed by atoms with Gasteiger partial charge in [-0.25, -0.2) is 0 Å². The highest BCUT2D eigenvalue weighted by atomic mass is 35.5. The topological polar surface area (TPSA) is 37.0 Å². The highest BCUT2D eigenvalue weighted by Gasteiger charge is 2.20. The molecule has 0 spiro atoms. The Bertz CT molecular complexity index is 591. The number of halogens is 1. The third-order valence-corrected chi connectivity index (χ3v) is 4.43. The fourth-order valence-electron chi connectivity index (χ4n) is 2.99. The highest BCUT2D eigenvalue weighted by Crippen LogP contribution is 2.28. The van der Waals surface area contributed by atoms with Gasteiger partial charge in [-0.15, -0.1) is 0 Å². The van der Waals surface area contributed by atoms with E-state index >= 15 is 0 Å². The van der Waals surface area contributed by atoms with E-state index in [2.05, 4.69) is 28.7 Å². The molecule has 1 fully saturated rings. The van der Waals surface area contributed by atoms with Crippen molar-refractivity contribution in [2.45, 2.75) is 37.8 Å². The minimum atomic E-state index is 0.556. The third kappa shape index (κ3) is 2.89. The molecule has 3 rings (SSSR count). The fraction of sp³-hybridized carbons (Fsp3) is 0.438. The van der Waals surface area contributed by atoms with E-state index in [1.165, 1.54) is 31.4 Å². The molecule has 0 radical (unpaired) electrons. The van der Waals surface area contributed by atoms with Crippen molar-refractivity contribution in [3.05, 3.63) is 35.5 Å². The Kier molecular flexibility index (Phi) is 4.08. The SMILES string of the molecule is CNC1CCC(Nc2ccnc3cc(Cl)ccc23)CC1. The van der Waals surface area contributed by atoms with Crippen LogP contribution in [-0.4, -0.2) is 24.1 Å². The Balaban J connectivity index is 1.78. The predicted octanol–water partition coefficient (Wildman–Crippen LogP) is 3.83. The molecule has 3 nitrogen and oxygen atoms in total. The number of nitrogens with zero attached hydrogens (tertiary/aromatic N) is 1. The van der Waals surface area contributed by atoms with Crippen molar-refractivity contribution in [2.75, 3.05) is 12.4 Å². The second kappa shape index (κ2) is 5.98. The van der Waals surface area contributed by atoms with Gasteiger partial charge in [-0.05, 0) is 57.0 Å². The molecule has 0 atom stereocenters. The number of hydrogen-bond donors (Lipinski definition) is 2. The number of nitrogens with one attached hydrogen (secondary N) is 2.